The summed E-state index contributed by atoms with van der Waals surface area (Å²) < 4.78 is 7.74. The van der Waals surface area contributed by atoms with Gasteiger partial charge >= 0.3 is 0 Å². The predicted octanol–water partition coefficient (Wildman–Crippen LogP) is 5.26. The second-order valence-electron chi connectivity index (χ2n) is 6.16. The maximum absolute atomic E-state index is 5.43. The molecule has 24 heavy (non-hydrogen) atoms. The van der Waals surface area contributed by atoms with Crippen molar-refractivity contribution in [2.75, 3.05) is 7.11 Å². The Morgan fingerprint density at radius 3 is 2.62 bits per heavy atom. The number of methoxy groups -OCH3 is 1. The number of imidazole rings is 1. The summed E-state index contributed by atoms with van der Waals surface area (Å²) in [6.45, 7) is 5.49. The van der Waals surface area contributed by atoms with Crippen LogP contribution in [0.15, 0.2) is 48.5 Å². The van der Waals surface area contributed by atoms with Crippen LogP contribution < -0.4 is 4.74 Å². The monoisotopic (exact) mass is 320 g/mol. The molecule has 0 N–H and O–H groups in total. The van der Waals surface area contributed by atoms with E-state index in [-0.39, 0.29) is 0 Å². The SMILES string of the molecule is CC[C@@H](C)Cn1c(/C=C/c2ccccc2OC)nc2ccccc21. The number of fused-ring (bicyclic) bond motifs is 1. The van der Waals surface area contributed by atoms with E-state index in [0.717, 1.165) is 35.6 Å². The standard InChI is InChI=1S/C21H24N2O/c1-4-16(2)15-23-19-11-7-6-10-18(19)22-21(23)14-13-17-9-5-8-12-20(17)24-3/h5-14,16H,4,15H2,1-3H3/b14-13+/t16-/m1/s1. The lowest BCUT2D eigenvalue weighted by Gasteiger charge is -2.12. The molecule has 1 heterocycles. The third-order valence-corrected chi connectivity index (χ3v) is 4.43. The van der Waals surface area contributed by atoms with Gasteiger partial charge in [0.15, 0.2) is 0 Å². The van der Waals surface area contributed by atoms with Crippen molar-refractivity contribution in [3.05, 3.63) is 59.9 Å². The molecule has 0 aliphatic rings. The highest BCUT2D eigenvalue weighted by Gasteiger charge is 2.10. The number of hydrogen-bond acceptors (Lipinski definition) is 2. The summed E-state index contributed by atoms with van der Waals surface area (Å²) in [5.41, 5.74) is 3.29. The van der Waals surface area contributed by atoms with Crippen molar-refractivity contribution in [2.45, 2.75) is 26.8 Å². The quantitative estimate of drug-likeness (QED) is 0.619. The Morgan fingerprint density at radius 1 is 1.08 bits per heavy atom. The minimum atomic E-state index is 0.612. The number of para-hydroxylation sites is 3. The Kier molecular flexibility index (Phi) is 4.99. The van der Waals surface area contributed by atoms with Crippen molar-refractivity contribution in [1.82, 2.24) is 9.55 Å². The number of ether oxygens (including phenoxy) is 1. The van der Waals surface area contributed by atoms with E-state index >= 15 is 0 Å². The first-order chi connectivity index (χ1) is 11.7. The fourth-order valence-corrected chi connectivity index (χ4v) is 2.82. The van der Waals surface area contributed by atoms with Gasteiger partial charge in [0.2, 0.25) is 0 Å². The molecule has 1 atom stereocenters. The average molecular weight is 320 g/mol. The van der Waals surface area contributed by atoms with E-state index in [4.69, 9.17) is 9.72 Å². The third kappa shape index (κ3) is 3.35. The zero-order chi connectivity index (χ0) is 16.9. The first kappa shape index (κ1) is 16.3. The first-order valence-corrected chi connectivity index (χ1v) is 8.49. The highest BCUT2D eigenvalue weighted by atomic mass is 16.5. The van der Waals surface area contributed by atoms with Crippen molar-refractivity contribution in [2.24, 2.45) is 5.92 Å². The van der Waals surface area contributed by atoms with Crippen LogP contribution in [-0.2, 0) is 6.54 Å². The maximum Gasteiger partial charge on any atom is 0.133 e. The van der Waals surface area contributed by atoms with Gasteiger partial charge in [0, 0.05) is 12.1 Å². The lowest BCUT2D eigenvalue weighted by molar-refractivity contribution is 0.414. The van der Waals surface area contributed by atoms with E-state index in [2.05, 4.69) is 54.8 Å². The second kappa shape index (κ2) is 7.35. The Bertz CT molecular complexity index is 848. The topological polar surface area (TPSA) is 27.1 Å². The highest BCUT2D eigenvalue weighted by molar-refractivity contribution is 5.80. The molecule has 2 aromatic carbocycles. The van der Waals surface area contributed by atoms with Gasteiger partial charge in [-0.25, -0.2) is 4.98 Å². The summed E-state index contributed by atoms with van der Waals surface area (Å²) in [4.78, 5) is 4.81. The lowest BCUT2D eigenvalue weighted by atomic mass is 10.1. The molecular weight excluding hydrogens is 296 g/mol. The molecule has 0 radical (unpaired) electrons. The fourth-order valence-electron chi connectivity index (χ4n) is 2.82. The zero-order valence-corrected chi connectivity index (χ0v) is 14.6. The van der Waals surface area contributed by atoms with E-state index in [9.17, 15) is 0 Å². The molecule has 0 bridgehead atoms. The average Bonchev–Trinajstić information content (AvgIpc) is 2.97. The number of nitrogens with zero attached hydrogens (tertiary/aromatic N) is 2. The van der Waals surface area contributed by atoms with Crippen LogP contribution in [-0.4, -0.2) is 16.7 Å². The fraction of sp³-hybridized carbons (Fsp3) is 0.286. The van der Waals surface area contributed by atoms with Crippen LogP contribution >= 0.6 is 0 Å². The van der Waals surface area contributed by atoms with Gasteiger partial charge < -0.3 is 9.30 Å². The Morgan fingerprint density at radius 2 is 1.83 bits per heavy atom. The lowest BCUT2D eigenvalue weighted by Crippen LogP contribution is -2.08. The smallest absolute Gasteiger partial charge is 0.133 e. The Hall–Kier alpha value is -2.55. The van der Waals surface area contributed by atoms with Gasteiger partial charge in [0.1, 0.15) is 11.6 Å². The largest absolute Gasteiger partial charge is 0.496 e. The zero-order valence-electron chi connectivity index (χ0n) is 14.6. The van der Waals surface area contributed by atoms with Gasteiger partial charge in [-0.2, -0.15) is 0 Å². The molecule has 0 aliphatic heterocycles. The minimum Gasteiger partial charge on any atom is -0.496 e. The van der Waals surface area contributed by atoms with Gasteiger partial charge in [-0.15, -0.1) is 0 Å². The number of hydrogen-bond donors (Lipinski definition) is 0. The van der Waals surface area contributed by atoms with Crippen LogP contribution in [0.1, 0.15) is 31.7 Å². The molecule has 3 rings (SSSR count). The molecule has 0 amide bonds. The normalized spacial score (nSPS) is 12.8. The van der Waals surface area contributed by atoms with Crippen LogP contribution in [0.3, 0.4) is 0 Å². The number of aromatic nitrogens is 2. The van der Waals surface area contributed by atoms with E-state index in [1.807, 2.05) is 24.3 Å². The summed E-state index contributed by atoms with van der Waals surface area (Å²) in [5, 5.41) is 0. The number of rotatable bonds is 6. The summed E-state index contributed by atoms with van der Waals surface area (Å²) in [7, 11) is 1.70. The maximum atomic E-state index is 5.43. The molecule has 3 aromatic rings. The summed E-state index contributed by atoms with van der Waals surface area (Å²) in [6.07, 6.45) is 5.32. The third-order valence-electron chi connectivity index (χ3n) is 4.43. The predicted molar refractivity (Wildman–Crippen MR) is 101 cm³/mol. The molecule has 1 aromatic heterocycles. The second-order valence-corrected chi connectivity index (χ2v) is 6.16. The molecule has 0 spiro atoms. The first-order valence-electron chi connectivity index (χ1n) is 8.49. The van der Waals surface area contributed by atoms with E-state index in [1.54, 1.807) is 7.11 Å². The summed E-state index contributed by atoms with van der Waals surface area (Å²) in [6, 6.07) is 16.4. The molecule has 0 unspecified atom stereocenters. The Labute approximate surface area is 143 Å². The molecule has 0 saturated carbocycles. The van der Waals surface area contributed by atoms with Crippen molar-refractivity contribution < 1.29 is 4.74 Å². The van der Waals surface area contributed by atoms with Crippen LogP contribution in [0, 0.1) is 5.92 Å². The molecule has 124 valence electrons. The molecule has 0 aliphatic carbocycles. The van der Waals surface area contributed by atoms with Crippen LogP contribution in [0.25, 0.3) is 23.2 Å². The Balaban J connectivity index is 2.02. The van der Waals surface area contributed by atoms with Crippen LogP contribution in [0.4, 0.5) is 0 Å². The number of benzene rings is 2. The molecular formula is C21H24N2O. The molecule has 0 saturated heterocycles. The molecule has 3 nitrogen and oxygen atoms in total. The summed E-state index contributed by atoms with van der Waals surface area (Å²) in [5.74, 6) is 2.47. The van der Waals surface area contributed by atoms with Crippen molar-refractivity contribution in [3.8, 4) is 5.75 Å². The van der Waals surface area contributed by atoms with Gasteiger partial charge in [-0.05, 0) is 36.3 Å². The van der Waals surface area contributed by atoms with Crippen LogP contribution in [0.5, 0.6) is 5.75 Å². The minimum absolute atomic E-state index is 0.612. The molecule has 0 fully saturated rings. The van der Waals surface area contributed by atoms with Gasteiger partial charge in [0.25, 0.3) is 0 Å². The van der Waals surface area contributed by atoms with E-state index in [1.165, 1.54) is 5.52 Å². The molecule has 3 heteroatoms. The van der Waals surface area contributed by atoms with E-state index < -0.39 is 0 Å². The summed E-state index contributed by atoms with van der Waals surface area (Å²) >= 11 is 0. The van der Waals surface area contributed by atoms with Gasteiger partial charge in [0.05, 0.1) is 18.1 Å². The van der Waals surface area contributed by atoms with Crippen molar-refractivity contribution >= 4 is 23.2 Å². The van der Waals surface area contributed by atoms with Gasteiger partial charge in [-0.1, -0.05) is 50.6 Å². The highest BCUT2D eigenvalue weighted by Crippen LogP contribution is 2.23. The van der Waals surface area contributed by atoms with E-state index in [0.29, 0.717) is 5.92 Å². The van der Waals surface area contributed by atoms with Crippen molar-refractivity contribution in [1.29, 1.82) is 0 Å². The van der Waals surface area contributed by atoms with Gasteiger partial charge in [-0.3, -0.25) is 0 Å². The van der Waals surface area contributed by atoms with Crippen molar-refractivity contribution in [3.63, 3.8) is 0 Å². The van der Waals surface area contributed by atoms with Crippen LogP contribution in [0.2, 0.25) is 0 Å².